The first-order valence-corrected chi connectivity index (χ1v) is 9.57. The van der Waals surface area contributed by atoms with Gasteiger partial charge in [0, 0.05) is 22.8 Å². The van der Waals surface area contributed by atoms with E-state index in [0.717, 1.165) is 41.5 Å². The van der Waals surface area contributed by atoms with Crippen molar-refractivity contribution in [3.05, 3.63) is 45.5 Å². The second kappa shape index (κ2) is 5.98. The van der Waals surface area contributed by atoms with Crippen molar-refractivity contribution in [3.8, 4) is 11.4 Å². The molecule has 1 aliphatic rings. The van der Waals surface area contributed by atoms with Crippen LogP contribution in [0.4, 0.5) is 0 Å². The van der Waals surface area contributed by atoms with Crippen LogP contribution in [0.5, 0.6) is 0 Å². The molecule has 136 valence electrons. The van der Waals surface area contributed by atoms with Crippen LogP contribution in [0.1, 0.15) is 23.3 Å². The molecule has 2 N–H and O–H groups in total. The van der Waals surface area contributed by atoms with Gasteiger partial charge < -0.3 is 5.73 Å². The predicted octanol–water partition coefficient (Wildman–Crippen LogP) is 1.53. The van der Waals surface area contributed by atoms with Crippen LogP contribution in [0, 0.1) is 0 Å². The minimum Gasteiger partial charge on any atom is -0.368 e. The summed E-state index contributed by atoms with van der Waals surface area (Å²) in [5.74, 6) is -0.0954. The fourth-order valence-corrected chi connectivity index (χ4v) is 5.08. The smallest absolute Gasteiger partial charge is 0.352 e. The van der Waals surface area contributed by atoms with Crippen LogP contribution in [-0.2, 0) is 24.2 Å². The zero-order chi connectivity index (χ0) is 18.5. The van der Waals surface area contributed by atoms with Crippen molar-refractivity contribution in [2.45, 2.75) is 32.2 Å². The second-order valence-electron chi connectivity index (χ2n) is 6.63. The summed E-state index contributed by atoms with van der Waals surface area (Å²) in [5.41, 5.74) is 7.55. The Labute approximate surface area is 157 Å². The van der Waals surface area contributed by atoms with E-state index in [-0.39, 0.29) is 6.54 Å². The molecule has 0 spiro atoms. The Balaban J connectivity index is 1.89. The summed E-state index contributed by atoms with van der Waals surface area (Å²) in [6.07, 6.45) is 7.48. The lowest BCUT2D eigenvalue weighted by Gasteiger charge is -2.10. The van der Waals surface area contributed by atoms with Crippen LogP contribution in [0.3, 0.4) is 0 Å². The maximum atomic E-state index is 13.0. The summed E-state index contributed by atoms with van der Waals surface area (Å²) in [6, 6.07) is 3.61. The molecule has 0 saturated heterocycles. The number of amides is 1. The third kappa shape index (κ3) is 2.46. The number of fused-ring (bicyclic) bond motifs is 5. The van der Waals surface area contributed by atoms with E-state index in [4.69, 9.17) is 5.73 Å². The zero-order valence-corrected chi connectivity index (χ0v) is 15.2. The molecule has 0 saturated carbocycles. The highest BCUT2D eigenvalue weighted by atomic mass is 32.1. The number of aryl methyl sites for hydroxylation is 2. The topological polar surface area (TPSA) is 108 Å². The van der Waals surface area contributed by atoms with Gasteiger partial charge in [-0.3, -0.25) is 14.3 Å². The highest BCUT2D eigenvalue weighted by molar-refractivity contribution is 7.19. The molecule has 1 aliphatic carbocycles. The van der Waals surface area contributed by atoms with Crippen LogP contribution >= 0.6 is 11.3 Å². The number of aromatic nitrogens is 5. The van der Waals surface area contributed by atoms with Crippen molar-refractivity contribution < 1.29 is 4.79 Å². The Bertz CT molecular complexity index is 1250. The van der Waals surface area contributed by atoms with Crippen LogP contribution in [-0.4, -0.2) is 30.1 Å². The maximum absolute atomic E-state index is 13.0. The molecule has 0 atom stereocenters. The van der Waals surface area contributed by atoms with Crippen molar-refractivity contribution >= 4 is 33.1 Å². The monoisotopic (exact) mass is 380 g/mol. The van der Waals surface area contributed by atoms with Gasteiger partial charge in [-0.1, -0.05) is 0 Å². The number of thiophene rings is 1. The summed E-state index contributed by atoms with van der Waals surface area (Å²) in [5, 5.41) is 5.35. The number of pyridine rings is 1. The molecular weight excluding hydrogens is 364 g/mol. The van der Waals surface area contributed by atoms with Crippen molar-refractivity contribution in [2.24, 2.45) is 5.73 Å². The molecule has 0 radical (unpaired) electrons. The Hall–Kier alpha value is -3.07. The average Bonchev–Trinajstić information content (AvgIpc) is 3.27. The first-order valence-electron chi connectivity index (χ1n) is 8.76. The van der Waals surface area contributed by atoms with Gasteiger partial charge in [0.05, 0.1) is 5.39 Å². The normalized spacial score (nSPS) is 13.9. The number of nitrogens with zero attached hydrogens (tertiary/aromatic N) is 5. The number of rotatable bonds is 3. The van der Waals surface area contributed by atoms with E-state index < -0.39 is 11.6 Å². The number of carbonyl (C=O) groups excluding carboxylic acids is 1. The van der Waals surface area contributed by atoms with Gasteiger partial charge in [-0.2, -0.15) is 4.52 Å². The molecule has 9 heteroatoms. The molecule has 8 nitrogen and oxygen atoms in total. The summed E-state index contributed by atoms with van der Waals surface area (Å²) >= 11 is 1.57. The van der Waals surface area contributed by atoms with Gasteiger partial charge in [0.15, 0.2) is 11.5 Å². The summed E-state index contributed by atoms with van der Waals surface area (Å²) in [6.45, 7) is -0.172. The Morgan fingerprint density at radius 1 is 1.22 bits per heavy atom. The van der Waals surface area contributed by atoms with Crippen molar-refractivity contribution in [3.63, 3.8) is 0 Å². The Morgan fingerprint density at radius 3 is 2.78 bits per heavy atom. The van der Waals surface area contributed by atoms with Gasteiger partial charge in [-0.05, 0) is 43.4 Å². The molecule has 4 heterocycles. The van der Waals surface area contributed by atoms with E-state index >= 15 is 0 Å². The van der Waals surface area contributed by atoms with Crippen molar-refractivity contribution in [1.29, 1.82) is 0 Å². The zero-order valence-electron chi connectivity index (χ0n) is 14.4. The quantitative estimate of drug-likeness (QED) is 0.580. The van der Waals surface area contributed by atoms with E-state index in [1.165, 1.54) is 19.5 Å². The van der Waals surface area contributed by atoms with Gasteiger partial charge in [-0.15, -0.1) is 16.4 Å². The highest BCUT2D eigenvalue weighted by Gasteiger charge is 2.24. The molecule has 1 amide bonds. The van der Waals surface area contributed by atoms with Gasteiger partial charge in [0.2, 0.25) is 5.91 Å². The van der Waals surface area contributed by atoms with Gasteiger partial charge in [0.1, 0.15) is 11.4 Å². The Morgan fingerprint density at radius 2 is 2.00 bits per heavy atom. The SMILES string of the molecule is NC(=O)Cn1c(=O)n2nc(-c3ccncc3)nc2c2c3c(sc21)CCCC3. The highest BCUT2D eigenvalue weighted by Crippen LogP contribution is 2.37. The molecule has 4 aromatic rings. The van der Waals surface area contributed by atoms with E-state index in [1.807, 2.05) is 0 Å². The van der Waals surface area contributed by atoms with Crippen LogP contribution in [0.25, 0.3) is 27.3 Å². The average molecular weight is 380 g/mol. The molecule has 0 unspecified atom stereocenters. The van der Waals surface area contributed by atoms with Crippen molar-refractivity contribution in [1.82, 2.24) is 24.1 Å². The van der Waals surface area contributed by atoms with E-state index in [0.29, 0.717) is 11.5 Å². The summed E-state index contributed by atoms with van der Waals surface area (Å²) in [4.78, 5) is 35.3. The van der Waals surface area contributed by atoms with Gasteiger partial charge in [-0.25, -0.2) is 9.78 Å². The first-order chi connectivity index (χ1) is 13.1. The third-order valence-electron chi connectivity index (χ3n) is 4.89. The fourth-order valence-electron chi connectivity index (χ4n) is 3.70. The number of nitrogens with two attached hydrogens (primary N) is 1. The predicted molar refractivity (Wildman–Crippen MR) is 102 cm³/mol. The van der Waals surface area contributed by atoms with Crippen molar-refractivity contribution in [2.75, 3.05) is 0 Å². The second-order valence-corrected chi connectivity index (χ2v) is 7.72. The fraction of sp³-hybridized carbons (Fsp3) is 0.278. The molecule has 0 aromatic carbocycles. The van der Waals surface area contributed by atoms with Crippen LogP contribution < -0.4 is 11.4 Å². The number of hydrogen-bond donors (Lipinski definition) is 1. The summed E-state index contributed by atoms with van der Waals surface area (Å²) in [7, 11) is 0. The maximum Gasteiger partial charge on any atom is 0.352 e. The standard InChI is InChI=1S/C18H16N6O2S/c19-13(25)9-23-17-14(11-3-1-2-4-12(11)27-17)16-21-15(22-24(16)18(23)26)10-5-7-20-8-6-10/h5-8H,1-4,9H2,(H2,19,25). The number of carbonyl (C=O) groups is 1. The Kier molecular flexibility index (Phi) is 3.57. The lowest BCUT2D eigenvalue weighted by atomic mass is 9.97. The van der Waals surface area contributed by atoms with E-state index in [2.05, 4.69) is 15.1 Å². The molecule has 27 heavy (non-hydrogen) atoms. The molecule has 0 fully saturated rings. The minimum absolute atomic E-state index is 0.172. The lowest BCUT2D eigenvalue weighted by Crippen LogP contribution is -2.32. The summed E-state index contributed by atoms with van der Waals surface area (Å²) < 4.78 is 2.72. The largest absolute Gasteiger partial charge is 0.368 e. The van der Waals surface area contributed by atoms with E-state index in [9.17, 15) is 9.59 Å². The number of hydrogen-bond acceptors (Lipinski definition) is 6. The van der Waals surface area contributed by atoms with E-state index in [1.54, 1.807) is 35.9 Å². The molecule has 5 rings (SSSR count). The lowest BCUT2D eigenvalue weighted by molar-refractivity contribution is -0.118. The molecule has 0 bridgehead atoms. The minimum atomic E-state index is -0.557. The van der Waals surface area contributed by atoms with Gasteiger partial charge in [0.25, 0.3) is 0 Å². The molecular formula is C18H16N6O2S. The molecule has 4 aromatic heterocycles. The third-order valence-corrected chi connectivity index (χ3v) is 6.21. The first kappa shape index (κ1) is 16.1. The van der Waals surface area contributed by atoms with Crippen LogP contribution in [0.2, 0.25) is 0 Å². The molecule has 0 aliphatic heterocycles. The van der Waals surface area contributed by atoms with Gasteiger partial charge >= 0.3 is 5.69 Å². The van der Waals surface area contributed by atoms with Crippen LogP contribution in [0.15, 0.2) is 29.3 Å². The number of primary amides is 1.